The Morgan fingerprint density at radius 2 is 1.81 bits per heavy atom. The van der Waals surface area contributed by atoms with Crippen LogP contribution in [-0.2, 0) is 18.4 Å². The van der Waals surface area contributed by atoms with Gasteiger partial charge in [-0.1, -0.05) is 54.6 Å². The fourth-order valence-electron chi connectivity index (χ4n) is 2.95. The molecule has 0 radical (unpaired) electrons. The van der Waals surface area contributed by atoms with Crippen LogP contribution in [0.25, 0.3) is 23.1 Å². The van der Waals surface area contributed by atoms with Crippen LogP contribution in [0.1, 0.15) is 11.3 Å². The first-order valence-corrected chi connectivity index (χ1v) is 8.67. The molecule has 0 atom stereocenters. The maximum absolute atomic E-state index is 12.4. The molecule has 0 aliphatic rings. The number of nitrogens with zero attached hydrogens (tertiary/aromatic N) is 4. The molecule has 1 N–H and O–H groups in total. The van der Waals surface area contributed by atoms with Crippen LogP contribution in [0.2, 0.25) is 0 Å². The topological polar surface area (TPSA) is 64.7 Å². The number of fused-ring (bicyclic) bond motifs is 1. The van der Waals surface area contributed by atoms with Crippen LogP contribution in [0.4, 0.5) is 5.82 Å². The lowest BCUT2D eigenvalue weighted by atomic mass is 10.1. The van der Waals surface area contributed by atoms with E-state index in [2.05, 4.69) is 15.5 Å². The van der Waals surface area contributed by atoms with Gasteiger partial charge in [-0.2, -0.15) is 10.2 Å². The Hall–Kier alpha value is -3.67. The fraction of sp³-hybridized carbons (Fsp3) is 0.0952. The highest BCUT2D eigenvalue weighted by molar-refractivity contribution is 5.93. The van der Waals surface area contributed by atoms with Gasteiger partial charge in [-0.3, -0.25) is 14.2 Å². The molecule has 0 spiro atoms. The number of para-hydroxylation sites is 1. The third-order valence-electron chi connectivity index (χ3n) is 4.30. The Morgan fingerprint density at radius 3 is 2.59 bits per heavy atom. The van der Waals surface area contributed by atoms with Crippen molar-refractivity contribution in [3.63, 3.8) is 0 Å². The first-order chi connectivity index (χ1) is 13.2. The number of anilines is 1. The van der Waals surface area contributed by atoms with Gasteiger partial charge < -0.3 is 5.32 Å². The molecular weight excluding hydrogens is 338 g/mol. The lowest BCUT2D eigenvalue weighted by Crippen LogP contribution is -2.21. The molecule has 2 aromatic heterocycles. The number of hydrogen-bond donors (Lipinski definition) is 1. The largest absolute Gasteiger partial charge is 0.309 e. The molecule has 0 bridgehead atoms. The molecule has 0 aliphatic heterocycles. The summed E-state index contributed by atoms with van der Waals surface area (Å²) in [6.45, 7) is 0.130. The Bertz CT molecular complexity index is 1110. The van der Waals surface area contributed by atoms with Crippen molar-refractivity contribution in [2.24, 2.45) is 7.05 Å². The van der Waals surface area contributed by atoms with Crippen molar-refractivity contribution in [3.8, 4) is 0 Å². The monoisotopic (exact) mass is 357 g/mol. The minimum Gasteiger partial charge on any atom is -0.309 e. The van der Waals surface area contributed by atoms with Gasteiger partial charge >= 0.3 is 0 Å². The van der Waals surface area contributed by atoms with E-state index < -0.39 is 0 Å². The van der Waals surface area contributed by atoms with Gasteiger partial charge in [-0.05, 0) is 17.7 Å². The second-order valence-corrected chi connectivity index (χ2v) is 6.19. The van der Waals surface area contributed by atoms with Crippen LogP contribution >= 0.6 is 0 Å². The number of benzene rings is 2. The van der Waals surface area contributed by atoms with Crippen molar-refractivity contribution in [2.45, 2.75) is 6.54 Å². The average Bonchev–Trinajstić information content (AvgIpc) is 3.25. The van der Waals surface area contributed by atoms with Crippen LogP contribution in [0.5, 0.6) is 0 Å². The summed E-state index contributed by atoms with van der Waals surface area (Å²) in [5, 5.41) is 12.6. The van der Waals surface area contributed by atoms with E-state index in [1.54, 1.807) is 28.7 Å². The highest BCUT2D eigenvalue weighted by atomic mass is 16.2. The normalized spacial score (nSPS) is 11.3. The molecule has 134 valence electrons. The molecule has 0 unspecified atom stereocenters. The van der Waals surface area contributed by atoms with Crippen LogP contribution in [-0.4, -0.2) is 25.5 Å². The van der Waals surface area contributed by atoms with E-state index in [-0.39, 0.29) is 12.5 Å². The Labute approximate surface area is 156 Å². The first-order valence-electron chi connectivity index (χ1n) is 8.67. The van der Waals surface area contributed by atoms with Crippen molar-refractivity contribution in [2.75, 3.05) is 5.32 Å². The SMILES string of the molecule is Cn1nccc1NC(=O)Cn1nc(/C=C/c2ccccc2)c2ccccc21. The molecule has 0 saturated carbocycles. The van der Waals surface area contributed by atoms with E-state index >= 15 is 0 Å². The van der Waals surface area contributed by atoms with E-state index in [1.807, 2.05) is 66.7 Å². The number of carbonyl (C=O) groups excluding carboxylic acids is 1. The summed E-state index contributed by atoms with van der Waals surface area (Å²) in [6.07, 6.45) is 5.65. The van der Waals surface area contributed by atoms with E-state index in [4.69, 9.17) is 0 Å². The minimum absolute atomic E-state index is 0.130. The van der Waals surface area contributed by atoms with Gasteiger partial charge in [0, 0.05) is 18.5 Å². The third kappa shape index (κ3) is 3.64. The number of rotatable bonds is 5. The zero-order chi connectivity index (χ0) is 18.6. The number of carbonyl (C=O) groups is 1. The maximum atomic E-state index is 12.4. The summed E-state index contributed by atoms with van der Waals surface area (Å²) in [5.41, 5.74) is 2.86. The van der Waals surface area contributed by atoms with Gasteiger partial charge in [0.1, 0.15) is 12.4 Å². The van der Waals surface area contributed by atoms with Crippen molar-refractivity contribution in [1.82, 2.24) is 19.6 Å². The van der Waals surface area contributed by atoms with Gasteiger partial charge in [0.2, 0.25) is 5.91 Å². The summed E-state index contributed by atoms with van der Waals surface area (Å²) >= 11 is 0. The summed E-state index contributed by atoms with van der Waals surface area (Å²) < 4.78 is 3.35. The van der Waals surface area contributed by atoms with Crippen LogP contribution in [0, 0.1) is 0 Å². The Kier molecular flexibility index (Phi) is 4.53. The van der Waals surface area contributed by atoms with Crippen molar-refractivity contribution < 1.29 is 4.79 Å². The molecule has 0 fully saturated rings. The molecule has 27 heavy (non-hydrogen) atoms. The summed E-state index contributed by atoms with van der Waals surface area (Å²) in [7, 11) is 1.78. The summed E-state index contributed by atoms with van der Waals surface area (Å²) in [6, 6.07) is 19.7. The minimum atomic E-state index is -0.148. The van der Waals surface area contributed by atoms with Gasteiger partial charge in [-0.15, -0.1) is 0 Å². The molecule has 6 heteroatoms. The number of amides is 1. The maximum Gasteiger partial charge on any atom is 0.247 e. The summed E-state index contributed by atoms with van der Waals surface area (Å²) in [4.78, 5) is 12.4. The van der Waals surface area contributed by atoms with Crippen LogP contribution < -0.4 is 5.32 Å². The number of nitrogens with one attached hydrogen (secondary N) is 1. The molecular formula is C21H19N5O. The molecule has 4 rings (SSSR count). The molecule has 6 nitrogen and oxygen atoms in total. The second-order valence-electron chi connectivity index (χ2n) is 6.19. The lowest BCUT2D eigenvalue weighted by Gasteiger charge is -2.06. The van der Waals surface area contributed by atoms with Crippen LogP contribution in [0.3, 0.4) is 0 Å². The van der Waals surface area contributed by atoms with E-state index in [0.29, 0.717) is 5.82 Å². The lowest BCUT2D eigenvalue weighted by molar-refractivity contribution is -0.116. The Balaban J connectivity index is 1.61. The van der Waals surface area contributed by atoms with Crippen molar-refractivity contribution in [1.29, 1.82) is 0 Å². The smallest absolute Gasteiger partial charge is 0.247 e. The van der Waals surface area contributed by atoms with Gasteiger partial charge in [0.15, 0.2) is 0 Å². The third-order valence-corrected chi connectivity index (χ3v) is 4.30. The van der Waals surface area contributed by atoms with E-state index in [9.17, 15) is 4.79 Å². The van der Waals surface area contributed by atoms with E-state index in [0.717, 1.165) is 22.2 Å². The molecule has 0 aliphatic carbocycles. The number of aryl methyl sites for hydroxylation is 1. The molecule has 1 amide bonds. The first kappa shape index (κ1) is 16.8. The van der Waals surface area contributed by atoms with Gasteiger partial charge in [-0.25, -0.2) is 0 Å². The van der Waals surface area contributed by atoms with Crippen LogP contribution in [0.15, 0.2) is 66.9 Å². The summed E-state index contributed by atoms with van der Waals surface area (Å²) in [5.74, 6) is 0.506. The average molecular weight is 357 g/mol. The van der Waals surface area contributed by atoms with Gasteiger partial charge in [0.25, 0.3) is 0 Å². The van der Waals surface area contributed by atoms with E-state index in [1.165, 1.54) is 0 Å². The predicted molar refractivity (Wildman–Crippen MR) is 107 cm³/mol. The van der Waals surface area contributed by atoms with Gasteiger partial charge in [0.05, 0.1) is 17.4 Å². The number of hydrogen-bond acceptors (Lipinski definition) is 3. The predicted octanol–water partition coefficient (Wildman–Crippen LogP) is 3.58. The highest BCUT2D eigenvalue weighted by Crippen LogP contribution is 2.20. The number of aromatic nitrogens is 4. The molecule has 0 saturated heterocycles. The van der Waals surface area contributed by atoms with Crippen molar-refractivity contribution in [3.05, 3.63) is 78.1 Å². The second kappa shape index (κ2) is 7.29. The fourth-order valence-corrected chi connectivity index (χ4v) is 2.95. The highest BCUT2D eigenvalue weighted by Gasteiger charge is 2.12. The molecule has 2 aromatic carbocycles. The molecule has 4 aromatic rings. The Morgan fingerprint density at radius 1 is 1.04 bits per heavy atom. The van der Waals surface area contributed by atoms with Crippen molar-refractivity contribution >= 4 is 34.8 Å². The quantitative estimate of drug-likeness (QED) is 0.594. The zero-order valence-electron chi connectivity index (χ0n) is 14.9. The standard InChI is InChI=1S/C21H19N5O/c1-25-20(13-14-22-25)23-21(27)15-26-19-10-6-5-9-17(19)18(24-26)12-11-16-7-3-2-4-8-16/h2-14H,15H2,1H3,(H,23,27)/b12-11+. The molecule has 2 heterocycles. The zero-order valence-corrected chi connectivity index (χ0v) is 14.9.